The van der Waals surface area contributed by atoms with E-state index in [0.717, 1.165) is 0 Å². The summed E-state index contributed by atoms with van der Waals surface area (Å²) in [7, 11) is 1.36. The molecule has 0 radical (unpaired) electrons. The van der Waals surface area contributed by atoms with Crippen LogP contribution in [-0.4, -0.2) is 12.1 Å². The number of aromatic nitrogens is 1. The van der Waals surface area contributed by atoms with Gasteiger partial charge in [0.05, 0.1) is 19.0 Å². The van der Waals surface area contributed by atoms with Crippen molar-refractivity contribution in [2.45, 2.75) is 0 Å². The predicted octanol–water partition coefficient (Wildman–Crippen LogP) is 0.812. The molecule has 0 spiro atoms. The van der Waals surface area contributed by atoms with Crippen LogP contribution in [0.4, 0.5) is 10.1 Å². The largest absolute Gasteiger partial charge is 0.492 e. The minimum atomic E-state index is -0.642. The molecule has 54 valence electrons. The van der Waals surface area contributed by atoms with Crippen molar-refractivity contribution >= 4 is 5.69 Å². The first-order chi connectivity index (χ1) is 4.74. The van der Waals surface area contributed by atoms with Crippen molar-refractivity contribution in [3.8, 4) is 5.75 Å². The number of methoxy groups -OCH3 is 1. The van der Waals surface area contributed by atoms with Gasteiger partial charge in [-0.2, -0.15) is 4.39 Å². The summed E-state index contributed by atoms with van der Waals surface area (Å²) in [5.41, 5.74) is 5.68. The zero-order valence-corrected chi connectivity index (χ0v) is 5.47. The molecule has 0 fully saturated rings. The fourth-order valence-corrected chi connectivity index (χ4v) is 0.586. The highest BCUT2D eigenvalue weighted by atomic mass is 19.1. The van der Waals surface area contributed by atoms with Crippen molar-refractivity contribution < 1.29 is 9.13 Å². The monoisotopic (exact) mass is 142 g/mol. The zero-order chi connectivity index (χ0) is 7.56. The summed E-state index contributed by atoms with van der Waals surface area (Å²) in [4.78, 5) is 3.33. The van der Waals surface area contributed by atoms with Gasteiger partial charge in [0, 0.05) is 6.07 Å². The second-order valence-electron chi connectivity index (χ2n) is 1.76. The number of ether oxygens (including phenoxy) is 1. The number of nitrogens with zero attached hydrogens (tertiary/aromatic N) is 1. The van der Waals surface area contributed by atoms with Crippen molar-refractivity contribution in [3.05, 3.63) is 18.2 Å². The van der Waals surface area contributed by atoms with Gasteiger partial charge in [-0.1, -0.05) is 0 Å². The molecule has 0 saturated heterocycles. The molecule has 3 nitrogen and oxygen atoms in total. The fraction of sp³-hybridized carbons (Fsp3) is 0.167. The first-order valence-corrected chi connectivity index (χ1v) is 2.69. The van der Waals surface area contributed by atoms with Crippen LogP contribution in [0.1, 0.15) is 0 Å². The lowest BCUT2D eigenvalue weighted by Crippen LogP contribution is -1.94. The Labute approximate surface area is 57.6 Å². The highest BCUT2D eigenvalue weighted by Gasteiger charge is 2.01. The highest BCUT2D eigenvalue weighted by molar-refractivity contribution is 5.40. The lowest BCUT2D eigenvalue weighted by Gasteiger charge is -1.99. The maximum absolute atomic E-state index is 12.5. The molecule has 1 rings (SSSR count). The maximum Gasteiger partial charge on any atom is 0.255 e. The quantitative estimate of drug-likeness (QED) is 0.590. The molecular formula is C6H7FN2O. The number of nitrogens with two attached hydrogens (primary N) is 1. The van der Waals surface area contributed by atoms with Crippen LogP contribution in [0.15, 0.2) is 12.3 Å². The molecule has 4 heteroatoms. The van der Waals surface area contributed by atoms with Gasteiger partial charge < -0.3 is 10.5 Å². The van der Waals surface area contributed by atoms with Crippen molar-refractivity contribution in [2.75, 3.05) is 12.8 Å². The van der Waals surface area contributed by atoms with Gasteiger partial charge in [-0.25, -0.2) is 4.98 Å². The number of halogens is 1. The molecule has 2 N–H and O–H groups in total. The van der Waals surface area contributed by atoms with Crippen molar-refractivity contribution in [2.24, 2.45) is 0 Å². The van der Waals surface area contributed by atoms with E-state index < -0.39 is 5.95 Å². The molecule has 0 aromatic carbocycles. The molecular weight excluding hydrogens is 135 g/mol. The number of hydrogen-bond donors (Lipinski definition) is 1. The van der Waals surface area contributed by atoms with Gasteiger partial charge in [-0.3, -0.25) is 0 Å². The first-order valence-electron chi connectivity index (χ1n) is 2.69. The Hall–Kier alpha value is -1.32. The molecule has 0 aliphatic carbocycles. The number of hydrogen-bond acceptors (Lipinski definition) is 3. The Morgan fingerprint density at radius 2 is 2.40 bits per heavy atom. The van der Waals surface area contributed by atoms with Crippen molar-refractivity contribution in [1.82, 2.24) is 4.98 Å². The van der Waals surface area contributed by atoms with Gasteiger partial charge in [0.15, 0.2) is 5.75 Å². The van der Waals surface area contributed by atoms with E-state index in [2.05, 4.69) is 9.72 Å². The Balaban J connectivity index is 3.09. The molecule has 0 atom stereocenters. The lowest BCUT2D eigenvalue weighted by molar-refractivity contribution is 0.378. The Kier molecular flexibility index (Phi) is 1.71. The minimum Gasteiger partial charge on any atom is -0.492 e. The van der Waals surface area contributed by atoms with Crippen LogP contribution >= 0.6 is 0 Å². The topological polar surface area (TPSA) is 48.1 Å². The van der Waals surface area contributed by atoms with Crippen LogP contribution in [0.2, 0.25) is 0 Å². The molecule has 0 saturated carbocycles. The van der Waals surface area contributed by atoms with Crippen LogP contribution in [0.5, 0.6) is 5.75 Å². The molecule has 1 aromatic heterocycles. The van der Waals surface area contributed by atoms with E-state index in [1.54, 1.807) is 0 Å². The third-order valence-corrected chi connectivity index (χ3v) is 1.05. The number of pyridine rings is 1. The average Bonchev–Trinajstić information content (AvgIpc) is 1.94. The van der Waals surface area contributed by atoms with Gasteiger partial charge in [0.1, 0.15) is 0 Å². The van der Waals surface area contributed by atoms with Crippen LogP contribution < -0.4 is 10.5 Å². The Bertz CT molecular complexity index is 239. The van der Waals surface area contributed by atoms with Gasteiger partial charge >= 0.3 is 0 Å². The maximum atomic E-state index is 12.5. The standard InChI is InChI=1S/C6H7FN2O/c1-10-5-2-4(8)3-9-6(5)7/h2-3H,8H2,1H3. The Morgan fingerprint density at radius 3 is 2.90 bits per heavy atom. The van der Waals surface area contributed by atoms with Crippen LogP contribution in [0.3, 0.4) is 0 Å². The van der Waals surface area contributed by atoms with E-state index in [1.807, 2.05) is 0 Å². The minimum absolute atomic E-state index is 0.0694. The van der Waals surface area contributed by atoms with Crippen LogP contribution in [-0.2, 0) is 0 Å². The molecule has 10 heavy (non-hydrogen) atoms. The van der Waals surface area contributed by atoms with Gasteiger partial charge in [-0.15, -0.1) is 0 Å². The van der Waals surface area contributed by atoms with Gasteiger partial charge in [0.25, 0.3) is 5.95 Å². The van der Waals surface area contributed by atoms with E-state index in [1.165, 1.54) is 19.4 Å². The Morgan fingerprint density at radius 1 is 1.70 bits per heavy atom. The lowest BCUT2D eigenvalue weighted by atomic mass is 10.4. The number of anilines is 1. The first kappa shape index (κ1) is 6.80. The zero-order valence-electron chi connectivity index (χ0n) is 5.47. The molecule has 0 amide bonds. The highest BCUT2D eigenvalue weighted by Crippen LogP contribution is 2.15. The van der Waals surface area contributed by atoms with Crippen molar-refractivity contribution in [1.29, 1.82) is 0 Å². The smallest absolute Gasteiger partial charge is 0.255 e. The van der Waals surface area contributed by atoms with E-state index in [-0.39, 0.29) is 5.75 Å². The van der Waals surface area contributed by atoms with E-state index in [9.17, 15) is 4.39 Å². The summed E-state index contributed by atoms with van der Waals surface area (Å²) < 4.78 is 17.1. The molecule has 0 aliphatic heterocycles. The molecule has 0 aliphatic rings. The summed E-state index contributed by atoms with van der Waals surface area (Å²) in [5.74, 6) is -0.572. The number of nitrogen functional groups attached to an aromatic ring is 1. The van der Waals surface area contributed by atoms with Crippen LogP contribution in [0.25, 0.3) is 0 Å². The molecule has 1 heterocycles. The van der Waals surface area contributed by atoms with Gasteiger partial charge in [-0.05, 0) is 0 Å². The summed E-state index contributed by atoms with van der Waals surface area (Å²) in [6.45, 7) is 0. The normalized spacial score (nSPS) is 9.40. The second-order valence-corrected chi connectivity index (χ2v) is 1.76. The SMILES string of the molecule is COc1cc(N)cnc1F. The van der Waals surface area contributed by atoms with E-state index >= 15 is 0 Å². The summed E-state index contributed by atoms with van der Waals surface area (Å²) in [6, 6.07) is 1.38. The molecule has 0 bridgehead atoms. The summed E-state index contributed by atoms with van der Waals surface area (Å²) >= 11 is 0. The molecule has 0 unspecified atom stereocenters. The second kappa shape index (κ2) is 2.51. The van der Waals surface area contributed by atoms with Crippen molar-refractivity contribution in [3.63, 3.8) is 0 Å². The third kappa shape index (κ3) is 1.15. The number of rotatable bonds is 1. The predicted molar refractivity (Wildman–Crippen MR) is 35.2 cm³/mol. The van der Waals surface area contributed by atoms with Crippen LogP contribution in [0, 0.1) is 5.95 Å². The summed E-state index contributed by atoms with van der Waals surface area (Å²) in [5, 5.41) is 0. The third-order valence-electron chi connectivity index (χ3n) is 1.05. The molecule has 1 aromatic rings. The average molecular weight is 142 g/mol. The fourth-order valence-electron chi connectivity index (χ4n) is 0.586. The summed E-state index contributed by atoms with van der Waals surface area (Å²) in [6.07, 6.45) is 1.23. The van der Waals surface area contributed by atoms with Gasteiger partial charge in [0.2, 0.25) is 0 Å². The van der Waals surface area contributed by atoms with E-state index in [4.69, 9.17) is 5.73 Å². The van der Waals surface area contributed by atoms with E-state index in [0.29, 0.717) is 5.69 Å².